The van der Waals surface area contributed by atoms with E-state index in [0.717, 1.165) is 11.3 Å². The minimum Gasteiger partial charge on any atom is -0.378 e. The Morgan fingerprint density at radius 2 is 1.65 bits per heavy atom. The Labute approximate surface area is 100 Å². The first kappa shape index (κ1) is 11.4. The molecular formula is C13H14N2O2. The highest BCUT2D eigenvalue weighted by Crippen LogP contribution is 2.27. The van der Waals surface area contributed by atoms with Crippen molar-refractivity contribution in [3.05, 3.63) is 35.9 Å². The fourth-order valence-corrected chi connectivity index (χ4v) is 1.75. The molecule has 88 valence electrons. The summed E-state index contributed by atoms with van der Waals surface area (Å²) in [5.74, 6) is -0.567. The number of carbonyl (C=O) groups excluding carboxylic acids is 2. The Bertz CT molecular complexity index is 500. The summed E-state index contributed by atoms with van der Waals surface area (Å²) >= 11 is 0. The van der Waals surface area contributed by atoms with Gasteiger partial charge in [0.2, 0.25) is 0 Å². The van der Waals surface area contributed by atoms with Gasteiger partial charge in [0.15, 0.2) is 0 Å². The average molecular weight is 230 g/mol. The first-order valence-corrected chi connectivity index (χ1v) is 5.35. The number of amides is 2. The standard InChI is InChI=1S/C13H14N2O2/c1-9-4-5-10(14(2)3)8-11(9)15-12(16)6-7-13(15)17/h4-8H,1-3H3. The SMILES string of the molecule is Cc1ccc(N(C)C)cc1N1C(=O)C=CC1=O. The molecule has 2 rings (SSSR count). The second-order valence-electron chi connectivity index (χ2n) is 4.21. The molecule has 0 bridgehead atoms. The summed E-state index contributed by atoms with van der Waals surface area (Å²) < 4.78 is 0. The number of rotatable bonds is 2. The molecule has 17 heavy (non-hydrogen) atoms. The quantitative estimate of drug-likeness (QED) is 0.723. The van der Waals surface area contributed by atoms with Crippen molar-refractivity contribution >= 4 is 23.2 Å². The zero-order valence-corrected chi connectivity index (χ0v) is 10.1. The molecule has 0 radical (unpaired) electrons. The second-order valence-corrected chi connectivity index (χ2v) is 4.21. The Balaban J connectivity index is 2.48. The zero-order chi connectivity index (χ0) is 12.6. The molecule has 1 aliphatic heterocycles. The monoisotopic (exact) mass is 230 g/mol. The molecule has 0 saturated carbocycles. The summed E-state index contributed by atoms with van der Waals surface area (Å²) in [6, 6.07) is 5.71. The van der Waals surface area contributed by atoms with Crippen LogP contribution in [0.3, 0.4) is 0 Å². The van der Waals surface area contributed by atoms with Crippen molar-refractivity contribution in [3.8, 4) is 0 Å². The van der Waals surface area contributed by atoms with Crippen LogP contribution in [0.4, 0.5) is 11.4 Å². The molecule has 0 atom stereocenters. The summed E-state index contributed by atoms with van der Waals surface area (Å²) in [5, 5.41) is 0. The van der Waals surface area contributed by atoms with Crippen molar-refractivity contribution in [3.63, 3.8) is 0 Å². The van der Waals surface area contributed by atoms with Gasteiger partial charge in [-0.05, 0) is 24.6 Å². The van der Waals surface area contributed by atoms with Crippen molar-refractivity contribution in [2.24, 2.45) is 0 Å². The van der Waals surface area contributed by atoms with Crippen LogP contribution >= 0.6 is 0 Å². The van der Waals surface area contributed by atoms with E-state index in [0.29, 0.717) is 5.69 Å². The second kappa shape index (κ2) is 4.05. The Kier molecular flexibility index (Phi) is 2.71. The van der Waals surface area contributed by atoms with Gasteiger partial charge in [-0.25, -0.2) is 4.90 Å². The van der Waals surface area contributed by atoms with Crippen LogP contribution in [-0.4, -0.2) is 25.9 Å². The molecule has 0 aliphatic carbocycles. The number of imide groups is 1. The number of hydrogen-bond acceptors (Lipinski definition) is 3. The van der Waals surface area contributed by atoms with Crippen molar-refractivity contribution in [2.45, 2.75) is 6.92 Å². The summed E-state index contributed by atoms with van der Waals surface area (Å²) in [4.78, 5) is 26.4. The normalized spacial score (nSPS) is 14.6. The fraction of sp³-hybridized carbons (Fsp3) is 0.231. The van der Waals surface area contributed by atoms with E-state index in [1.165, 1.54) is 17.1 Å². The summed E-state index contributed by atoms with van der Waals surface area (Å²) in [7, 11) is 3.83. The van der Waals surface area contributed by atoms with E-state index in [1.54, 1.807) is 0 Å². The van der Waals surface area contributed by atoms with E-state index in [9.17, 15) is 9.59 Å². The maximum Gasteiger partial charge on any atom is 0.258 e. The van der Waals surface area contributed by atoms with Crippen LogP contribution in [-0.2, 0) is 9.59 Å². The number of anilines is 2. The lowest BCUT2D eigenvalue weighted by atomic mass is 10.1. The fourth-order valence-electron chi connectivity index (χ4n) is 1.75. The molecule has 1 aromatic carbocycles. The topological polar surface area (TPSA) is 40.6 Å². The minimum absolute atomic E-state index is 0.283. The average Bonchev–Trinajstić information content (AvgIpc) is 2.59. The van der Waals surface area contributed by atoms with Crippen molar-refractivity contribution in [2.75, 3.05) is 23.9 Å². The van der Waals surface area contributed by atoms with Crippen molar-refractivity contribution in [1.29, 1.82) is 0 Å². The lowest BCUT2D eigenvalue weighted by molar-refractivity contribution is -0.119. The van der Waals surface area contributed by atoms with Crippen LogP contribution in [0.5, 0.6) is 0 Å². The van der Waals surface area contributed by atoms with Crippen LogP contribution in [0.25, 0.3) is 0 Å². The smallest absolute Gasteiger partial charge is 0.258 e. The van der Waals surface area contributed by atoms with E-state index >= 15 is 0 Å². The molecule has 2 amide bonds. The third-order valence-corrected chi connectivity index (χ3v) is 2.76. The zero-order valence-electron chi connectivity index (χ0n) is 10.1. The van der Waals surface area contributed by atoms with Gasteiger partial charge in [0.25, 0.3) is 11.8 Å². The number of nitrogens with zero attached hydrogens (tertiary/aromatic N) is 2. The van der Waals surface area contributed by atoms with E-state index in [1.807, 2.05) is 44.1 Å². The predicted octanol–water partition coefficient (Wildman–Crippen LogP) is 1.49. The van der Waals surface area contributed by atoms with E-state index < -0.39 is 0 Å². The van der Waals surface area contributed by atoms with Crippen LogP contribution in [0.1, 0.15) is 5.56 Å². The van der Waals surface area contributed by atoms with Gasteiger partial charge in [-0.1, -0.05) is 6.07 Å². The molecule has 4 nitrogen and oxygen atoms in total. The number of aryl methyl sites for hydroxylation is 1. The predicted molar refractivity (Wildman–Crippen MR) is 67.1 cm³/mol. The van der Waals surface area contributed by atoms with E-state index in [4.69, 9.17) is 0 Å². The van der Waals surface area contributed by atoms with Gasteiger partial charge in [0.1, 0.15) is 0 Å². The lowest BCUT2D eigenvalue weighted by Gasteiger charge is -2.20. The Morgan fingerprint density at radius 3 is 2.18 bits per heavy atom. The van der Waals surface area contributed by atoms with Gasteiger partial charge in [-0.2, -0.15) is 0 Å². The molecule has 0 fully saturated rings. The molecule has 1 heterocycles. The van der Waals surface area contributed by atoms with E-state index in [-0.39, 0.29) is 11.8 Å². The number of benzene rings is 1. The number of carbonyl (C=O) groups is 2. The molecule has 0 N–H and O–H groups in total. The van der Waals surface area contributed by atoms with Crippen LogP contribution in [0.15, 0.2) is 30.4 Å². The molecular weight excluding hydrogens is 216 g/mol. The van der Waals surface area contributed by atoms with Gasteiger partial charge < -0.3 is 4.90 Å². The number of hydrogen-bond donors (Lipinski definition) is 0. The summed E-state index contributed by atoms with van der Waals surface area (Å²) in [5.41, 5.74) is 2.51. The molecule has 1 aromatic rings. The van der Waals surface area contributed by atoms with E-state index in [2.05, 4.69) is 0 Å². The van der Waals surface area contributed by atoms with Crippen molar-refractivity contribution in [1.82, 2.24) is 0 Å². The Morgan fingerprint density at radius 1 is 1.06 bits per heavy atom. The largest absolute Gasteiger partial charge is 0.378 e. The summed E-state index contributed by atoms with van der Waals surface area (Å²) in [6.07, 6.45) is 2.59. The maximum absolute atomic E-state index is 11.6. The third-order valence-electron chi connectivity index (χ3n) is 2.76. The van der Waals surface area contributed by atoms with Gasteiger partial charge in [0, 0.05) is 31.9 Å². The molecule has 1 aliphatic rings. The molecule has 0 saturated heterocycles. The molecule has 4 heteroatoms. The molecule has 0 spiro atoms. The minimum atomic E-state index is -0.283. The maximum atomic E-state index is 11.6. The van der Waals surface area contributed by atoms with Crippen LogP contribution in [0.2, 0.25) is 0 Å². The van der Waals surface area contributed by atoms with Gasteiger partial charge in [0.05, 0.1) is 5.69 Å². The first-order chi connectivity index (χ1) is 8.00. The molecule has 0 aromatic heterocycles. The highest BCUT2D eigenvalue weighted by molar-refractivity contribution is 6.28. The summed E-state index contributed by atoms with van der Waals surface area (Å²) in [6.45, 7) is 1.88. The van der Waals surface area contributed by atoms with Crippen molar-refractivity contribution < 1.29 is 9.59 Å². The molecule has 0 unspecified atom stereocenters. The van der Waals surface area contributed by atoms with Crippen LogP contribution < -0.4 is 9.80 Å². The third kappa shape index (κ3) is 1.93. The van der Waals surface area contributed by atoms with Gasteiger partial charge >= 0.3 is 0 Å². The van der Waals surface area contributed by atoms with Crippen LogP contribution in [0, 0.1) is 6.92 Å². The highest BCUT2D eigenvalue weighted by atomic mass is 16.2. The first-order valence-electron chi connectivity index (χ1n) is 5.35. The lowest BCUT2D eigenvalue weighted by Crippen LogP contribution is -2.30. The van der Waals surface area contributed by atoms with Gasteiger partial charge in [-0.3, -0.25) is 9.59 Å². The van der Waals surface area contributed by atoms with Gasteiger partial charge in [-0.15, -0.1) is 0 Å². The Hall–Kier alpha value is -2.10. The highest BCUT2D eigenvalue weighted by Gasteiger charge is 2.26.